The van der Waals surface area contributed by atoms with Gasteiger partial charge in [0.05, 0.1) is 12.7 Å². The Morgan fingerprint density at radius 3 is 2.15 bits per heavy atom. The number of amides is 1. The molecule has 0 spiro atoms. The van der Waals surface area contributed by atoms with Gasteiger partial charge < -0.3 is 10.1 Å². The molecule has 0 aliphatic carbocycles. The van der Waals surface area contributed by atoms with Gasteiger partial charge in [0.2, 0.25) is 0 Å². The molecule has 0 aliphatic heterocycles. The molecule has 2 aromatic rings. The van der Waals surface area contributed by atoms with Crippen molar-refractivity contribution in [3.8, 4) is 0 Å². The number of halogens is 4. The Hall–Kier alpha value is -2.54. The zero-order chi connectivity index (χ0) is 19.3. The van der Waals surface area contributed by atoms with E-state index in [1.54, 1.807) is 24.3 Å². The molecule has 26 heavy (non-hydrogen) atoms. The third-order valence-electron chi connectivity index (χ3n) is 3.62. The average molecular weight is 386 g/mol. The first kappa shape index (κ1) is 19.8. The van der Waals surface area contributed by atoms with Crippen molar-refractivity contribution in [1.82, 2.24) is 5.32 Å². The summed E-state index contributed by atoms with van der Waals surface area (Å²) in [6.45, 7) is 0. The van der Waals surface area contributed by atoms with E-state index in [1.807, 2.05) is 0 Å². The molecule has 0 aliphatic rings. The molecule has 0 bridgehead atoms. The second-order valence-corrected chi connectivity index (χ2v) is 5.89. The molecule has 0 saturated heterocycles. The van der Waals surface area contributed by atoms with Crippen molar-refractivity contribution in [2.75, 3.05) is 7.11 Å². The lowest BCUT2D eigenvalue weighted by molar-refractivity contribution is -0.142. The van der Waals surface area contributed by atoms with Crippen LogP contribution in [0.1, 0.15) is 21.5 Å². The highest BCUT2D eigenvalue weighted by Crippen LogP contribution is 2.29. The number of nitrogens with one attached hydrogen (secondary N) is 1. The standard InChI is InChI=1S/C18H15ClF3NO3/c1-26-17(25)15(10-11-2-8-14(19)9-3-11)23-16(24)12-4-6-13(7-5-12)18(20,21)22/h2-9,15H,10H2,1H3,(H,23,24)/t15-/m1/s1. The third-order valence-corrected chi connectivity index (χ3v) is 3.87. The van der Waals surface area contributed by atoms with Gasteiger partial charge in [0, 0.05) is 17.0 Å². The van der Waals surface area contributed by atoms with E-state index in [9.17, 15) is 22.8 Å². The summed E-state index contributed by atoms with van der Waals surface area (Å²) in [5.74, 6) is -1.34. The zero-order valence-corrected chi connectivity index (χ0v) is 14.4. The van der Waals surface area contributed by atoms with Crippen LogP contribution in [0.2, 0.25) is 5.02 Å². The second-order valence-electron chi connectivity index (χ2n) is 5.45. The number of rotatable bonds is 5. The summed E-state index contributed by atoms with van der Waals surface area (Å²) in [5.41, 5.74) is -0.125. The fraction of sp³-hybridized carbons (Fsp3) is 0.222. The Labute approximate surface area is 152 Å². The Balaban J connectivity index is 2.13. The fourth-order valence-corrected chi connectivity index (χ4v) is 2.37. The van der Waals surface area contributed by atoms with Crippen molar-refractivity contribution >= 4 is 23.5 Å². The highest BCUT2D eigenvalue weighted by atomic mass is 35.5. The smallest absolute Gasteiger partial charge is 0.416 e. The van der Waals surface area contributed by atoms with Crippen LogP contribution in [0, 0.1) is 0 Å². The van der Waals surface area contributed by atoms with Crippen LogP contribution in [0.15, 0.2) is 48.5 Å². The Bertz CT molecular complexity index is 774. The zero-order valence-electron chi connectivity index (χ0n) is 13.6. The van der Waals surface area contributed by atoms with Gasteiger partial charge in [0.25, 0.3) is 5.91 Å². The maximum absolute atomic E-state index is 12.6. The van der Waals surface area contributed by atoms with Gasteiger partial charge in [-0.3, -0.25) is 4.79 Å². The highest BCUT2D eigenvalue weighted by molar-refractivity contribution is 6.30. The molecule has 1 atom stereocenters. The molecule has 2 rings (SSSR count). The second kappa shape index (κ2) is 8.23. The summed E-state index contributed by atoms with van der Waals surface area (Å²) < 4.78 is 42.4. The molecule has 2 aromatic carbocycles. The number of methoxy groups -OCH3 is 1. The summed E-state index contributed by atoms with van der Waals surface area (Å²) in [5, 5.41) is 3.00. The summed E-state index contributed by atoms with van der Waals surface area (Å²) in [4.78, 5) is 24.2. The topological polar surface area (TPSA) is 55.4 Å². The van der Waals surface area contributed by atoms with Crippen molar-refractivity contribution in [2.24, 2.45) is 0 Å². The molecule has 0 fully saturated rings. The van der Waals surface area contributed by atoms with Crippen molar-refractivity contribution in [3.63, 3.8) is 0 Å². The number of carbonyl (C=O) groups excluding carboxylic acids is 2. The molecule has 4 nitrogen and oxygen atoms in total. The van der Waals surface area contributed by atoms with Crippen LogP contribution in [-0.4, -0.2) is 25.0 Å². The predicted molar refractivity (Wildman–Crippen MR) is 89.9 cm³/mol. The van der Waals surface area contributed by atoms with Crippen molar-refractivity contribution < 1.29 is 27.5 Å². The SMILES string of the molecule is COC(=O)[C@@H](Cc1ccc(Cl)cc1)NC(=O)c1ccc(C(F)(F)F)cc1. The molecular formula is C18H15ClF3NO3. The highest BCUT2D eigenvalue weighted by Gasteiger charge is 2.30. The summed E-state index contributed by atoms with van der Waals surface area (Å²) >= 11 is 5.81. The third kappa shape index (κ3) is 5.23. The predicted octanol–water partition coefficient (Wildman–Crippen LogP) is 3.87. The summed E-state index contributed by atoms with van der Waals surface area (Å²) in [7, 11) is 1.18. The average Bonchev–Trinajstić information content (AvgIpc) is 2.61. The number of ether oxygens (including phenoxy) is 1. The van der Waals surface area contributed by atoms with E-state index in [2.05, 4.69) is 10.1 Å². The van der Waals surface area contributed by atoms with Crippen LogP contribution in [-0.2, 0) is 22.1 Å². The molecule has 0 radical (unpaired) electrons. The minimum Gasteiger partial charge on any atom is -0.467 e. The number of esters is 1. The minimum absolute atomic E-state index is 0.00279. The van der Waals surface area contributed by atoms with Crippen molar-refractivity contribution in [1.29, 1.82) is 0 Å². The molecular weight excluding hydrogens is 371 g/mol. The lowest BCUT2D eigenvalue weighted by Gasteiger charge is -2.17. The summed E-state index contributed by atoms with van der Waals surface area (Å²) in [6.07, 6.45) is -4.34. The molecule has 1 N–H and O–H groups in total. The van der Waals surface area contributed by atoms with E-state index in [-0.39, 0.29) is 12.0 Å². The van der Waals surface area contributed by atoms with E-state index in [1.165, 1.54) is 7.11 Å². The molecule has 0 saturated carbocycles. The van der Waals surface area contributed by atoms with E-state index in [0.717, 1.165) is 29.8 Å². The van der Waals surface area contributed by atoms with Gasteiger partial charge in [-0.25, -0.2) is 4.79 Å². The van der Waals surface area contributed by atoms with Crippen LogP contribution < -0.4 is 5.32 Å². The maximum Gasteiger partial charge on any atom is 0.416 e. The Morgan fingerprint density at radius 1 is 1.08 bits per heavy atom. The van der Waals surface area contributed by atoms with E-state index >= 15 is 0 Å². The largest absolute Gasteiger partial charge is 0.467 e. The summed E-state index contributed by atoms with van der Waals surface area (Å²) in [6, 6.07) is 9.40. The number of hydrogen-bond acceptors (Lipinski definition) is 3. The van der Waals surface area contributed by atoms with Crippen LogP contribution >= 0.6 is 11.6 Å². The number of hydrogen-bond donors (Lipinski definition) is 1. The molecule has 0 aromatic heterocycles. The molecule has 138 valence electrons. The van der Waals surface area contributed by atoms with Crippen LogP contribution in [0.4, 0.5) is 13.2 Å². The normalized spacial score (nSPS) is 12.3. The minimum atomic E-state index is -4.49. The lowest BCUT2D eigenvalue weighted by Crippen LogP contribution is -2.43. The van der Waals surface area contributed by atoms with Crippen molar-refractivity contribution in [2.45, 2.75) is 18.6 Å². The van der Waals surface area contributed by atoms with Crippen LogP contribution in [0.25, 0.3) is 0 Å². The number of carbonyl (C=O) groups is 2. The first-order chi connectivity index (χ1) is 12.2. The van der Waals surface area contributed by atoms with Gasteiger partial charge in [-0.2, -0.15) is 13.2 Å². The number of alkyl halides is 3. The monoisotopic (exact) mass is 385 g/mol. The first-order valence-corrected chi connectivity index (χ1v) is 7.89. The van der Waals surface area contributed by atoms with E-state index in [0.29, 0.717) is 5.02 Å². The van der Waals surface area contributed by atoms with Gasteiger partial charge >= 0.3 is 12.1 Å². The van der Waals surface area contributed by atoms with Gasteiger partial charge in [-0.15, -0.1) is 0 Å². The first-order valence-electron chi connectivity index (χ1n) is 7.51. The Kier molecular flexibility index (Phi) is 6.26. The lowest BCUT2D eigenvalue weighted by atomic mass is 10.0. The van der Waals surface area contributed by atoms with Gasteiger partial charge in [-0.05, 0) is 42.0 Å². The molecule has 0 unspecified atom stereocenters. The van der Waals surface area contributed by atoms with E-state index < -0.39 is 29.7 Å². The molecule has 0 heterocycles. The van der Waals surface area contributed by atoms with Gasteiger partial charge in [0.15, 0.2) is 0 Å². The fourth-order valence-electron chi connectivity index (χ4n) is 2.24. The molecule has 1 amide bonds. The van der Waals surface area contributed by atoms with Crippen LogP contribution in [0.5, 0.6) is 0 Å². The van der Waals surface area contributed by atoms with Crippen LogP contribution in [0.3, 0.4) is 0 Å². The quantitative estimate of drug-likeness (QED) is 0.795. The van der Waals surface area contributed by atoms with Gasteiger partial charge in [0.1, 0.15) is 6.04 Å². The number of benzene rings is 2. The van der Waals surface area contributed by atoms with Gasteiger partial charge in [-0.1, -0.05) is 23.7 Å². The Morgan fingerprint density at radius 2 is 1.65 bits per heavy atom. The van der Waals surface area contributed by atoms with E-state index in [4.69, 9.17) is 11.6 Å². The maximum atomic E-state index is 12.6. The molecule has 8 heteroatoms. The van der Waals surface area contributed by atoms with Crippen molar-refractivity contribution in [3.05, 3.63) is 70.2 Å².